The fourth-order valence-corrected chi connectivity index (χ4v) is 2.88. The van der Waals surface area contributed by atoms with Gasteiger partial charge < -0.3 is 15.4 Å². The first-order chi connectivity index (χ1) is 11.8. The number of hydrogen-bond donors (Lipinski definition) is 4. The third kappa shape index (κ3) is 7.61. The molecule has 1 atom stereocenters. The van der Waals surface area contributed by atoms with E-state index in [1.165, 1.54) is 12.0 Å². The molecule has 1 saturated heterocycles. The Hall–Kier alpha value is -0.470. The minimum atomic E-state index is 0.499. The third-order valence-corrected chi connectivity index (χ3v) is 4.62. The summed E-state index contributed by atoms with van der Waals surface area (Å²) in [5.74, 6) is 2.65. The number of pyridine rings is 1. The predicted molar refractivity (Wildman–Crippen MR) is 107 cm³/mol. The molecular weight excluding hydrogens is 340 g/mol. The maximum Gasteiger partial charge on any atom is 0.137 e. The summed E-state index contributed by atoms with van der Waals surface area (Å²) in [6.45, 7) is 6.70. The zero-order chi connectivity index (χ0) is 17.0. The van der Waals surface area contributed by atoms with E-state index < -0.39 is 0 Å². The molecule has 0 bridgehead atoms. The van der Waals surface area contributed by atoms with Gasteiger partial charge in [0.05, 0.1) is 6.20 Å². The molecule has 7 heteroatoms. The molecule has 0 aliphatic carbocycles. The number of hydrogen-bond acceptors (Lipinski definition) is 7. The Bertz CT molecular complexity index is 460. The molecule has 1 aromatic heterocycles. The van der Waals surface area contributed by atoms with Crippen molar-refractivity contribution in [3.8, 4) is 5.75 Å². The van der Waals surface area contributed by atoms with Crippen molar-refractivity contribution in [2.45, 2.75) is 25.4 Å². The van der Waals surface area contributed by atoms with Crippen LogP contribution in [0.2, 0.25) is 0 Å². The molecule has 1 aliphatic rings. The zero-order valence-electron chi connectivity index (χ0n) is 14.3. The van der Waals surface area contributed by atoms with Gasteiger partial charge in [-0.05, 0) is 43.3 Å². The zero-order valence-corrected chi connectivity index (χ0v) is 16.1. The van der Waals surface area contributed by atoms with E-state index in [9.17, 15) is 0 Å². The average Bonchev–Trinajstić information content (AvgIpc) is 2.55. The van der Waals surface area contributed by atoms with Crippen molar-refractivity contribution in [2.75, 3.05) is 50.8 Å². The molecule has 0 unspecified atom stereocenters. The van der Waals surface area contributed by atoms with Crippen LogP contribution in [0.5, 0.6) is 5.75 Å². The van der Waals surface area contributed by atoms with E-state index in [0.29, 0.717) is 6.04 Å². The van der Waals surface area contributed by atoms with Crippen LogP contribution in [0.3, 0.4) is 0 Å². The van der Waals surface area contributed by atoms with Gasteiger partial charge in [-0.15, -0.1) is 0 Å². The van der Waals surface area contributed by atoms with Gasteiger partial charge in [-0.25, -0.2) is 0 Å². The molecule has 5 nitrogen and oxygen atoms in total. The molecule has 1 aromatic rings. The van der Waals surface area contributed by atoms with Crippen molar-refractivity contribution < 1.29 is 4.74 Å². The lowest BCUT2D eigenvalue weighted by molar-refractivity contribution is 0.216. The largest absolute Gasteiger partial charge is 0.490 e. The van der Waals surface area contributed by atoms with Crippen LogP contribution < -0.4 is 15.4 Å². The van der Waals surface area contributed by atoms with Crippen molar-refractivity contribution in [1.29, 1.82) is 0 Å². The second-order valence-electron chi connectivity index (χ2n) is 6.11. The van der Waals surface area contributed by atoms with E-state index in [-0.39, 0.29) is 0 Å². The molecule has 2 N–H and O–H groups in total. The van der Waals surface area contributed by atoms with Crippen molar-refractivity contribution in [1.82, 2.24) is 20.5 Å². The quantitative estimate of drug-likeness (QED) is 0.313. The van der Waals surface area contributed by atoms with Crippen LogP contribution in [0.1, 0.15) is 18.4 Å². The van der Waals surface area contributed by atoms with E-state index in [2.05, 4.69) is 51.8 Å². The van der Waals surface area contributed by atoms with Crippen molar-refractivity contribution in [3.05, 3.63) is 24.0 Å². The summed E-state index contributed by atoms with van der Waals surface area (Å²) >= 11 is 8.56. The summed E-state index contributed by atoms with van der Waals surface area (Å²) in [4.78, 5) is 6.78. The SMILES string of the molecule is SCCCN(CCNCCS)Cc1cncc(OC[C@@H]2CCN2)c1. The maximum atomic E-state index is 5.85. The number of ether oxygens (including phenoxy) is 1. The Balaban J connectivity index is 1.81. The summed E-state index contributed by atoms with van der Waals surface area (Å²) in [5.41, 5.74) is 1.20. The number of rotatable bonds is 13. The van der Waals surface area contributed by atoms with E-state index in [1.807, 2.05) is 6.20 Å². The van der Waals surface area contributed by atoms with Crippen molar-refractivity contribution >= 4 is 25.3 Å². The van der Waals surface area contributed by atoms with Gasteiger partial charge in [0, 0.05) is 44.2 Å². The third-order valence-electron chi connectivity index (χ3n) is 4.08. The van der Waals surface area contributed by atoms with E-state index in [0.717, 1.165) is 69.6 Å². The summed E-state index contributed by atoms with van der Waals surface area (Å²) < 4.78 is 5.85. The molecule has 24 heavy (non-hydrogen) atoms. The molecule has 0 saturated carbocycles. The highest BCUT2D eigenvalue weighted by atomic mass is 32.1. The monoisotopic (exact) mass is 370 g/mol. The van der Waals surface area contributed by atoms with E-state index in [1.54, 1.807) is 6.20 Å². The smallest absolute Gasteiger partial charge is 0.137 e. The highest BCUT2D eigenvalue weighted by Gasteiger charge is 2.16. The normalized spacial score (nSPS) is 17.0. The van der Waals surface area contributed by atoms with E-state index in [4.69, 9.17) is 4.74 Å². The summed E-state index contributed by atoms with van der Waals surface area (Å²) in [6.07, 6.45) is 6.02. The Morgan fingerprint density at radius 2 is 2.12 bits per heavy atom. The maximum absolute atomic E-state index is 5.85. The van der Waals surface area contributed by atoms with Gasteiger partial charge in [0.15, 0.2) is 0 Å². The molecule has 136 valence electrons. The average molecular weight is 371 g/mol. The van der Waals surface area contributed by atoms with Crippen LogP contribution in [0.15, 0.2) is 18.5 Å². The number of aromatic nitrogens is 1. The fourth-order valence-electron chi connectivity index (χ4n) is 2.58. The Morgan fingerprint density at radius 1 is 1.25 bits per heavy atom. The Kier molecular flexibility index (Phi) is 9.91. The van der Waals surface area contributed by atoms with E-state index >= 15 is 0 Å². The van der Waals surface area contributed by atoms with Crippen LogP contribution in [-0.2, 0) is 6.54 Å². The van der Waals surface area contributed by atoms with Crippen LogP contribution in [-0.4, -0.2) is 66.8 Å². The summed E-state index contributed by atoms with van der Waals surface area (Å²) in [7, 11) is 0. The summed E-state index contributed by atoms with van der Waals surface area (Å²) in [5, 5.41) is 6.75. The molecule has 0 amide bonds. The standard InChI is InChI=1S/C17H30N4OS2/c23-8-1-6-21(7-4-18-5-9-24)13-15-10-17(12-19-11-15)22-14-16-2-3-20-16/h10-12,16,18,20,23-24H,1-9,13-14H2/t16-/m0/s1. The minimum Gasteiger partial charge on any atom is -0.490 e. The summed E-state index contributed by atoms with van der Waals surface area (Å²) in [6, 6.07) is 2.61. The molecule has 2 rings (SSSR count). The fraction of sp³-hybridized carbons (Fsp3) is 0.706. The topological polar surface area (TPSA) is 49.4 Å². The van der Waals surface area contributed by atoms with Gasteiger partial charge in [0.2, 0.25) is 0 Å². The Labute approximate surface area is 156 Å². The van der Waals surface area contributed by atoms with Crippen molar-refractivity contribution in [2.24, 2.45) is 0 Å². The van der Waals surface area contributed by atoms with Crippen LogP contribution in [0.25, 0.3) is 0 Å². The highest BCUT2D eigenvalue weighted by Crippen LogP contribution is 2.15. The lowest BCUT2D eigenvalue weighted by Crippen LogP contribution is -2.46. The first kappa shape index (κ1) is 19.8. The predicted octanol–water partition coefficient (Wildman–Crippen LogP) is 1.46. The van der Waals surface area contributed by atoms with Crippen LogP contribution in [0.4, 0.5) is 0 Å². The number of thiol groups is 2. The van der Waals surface area contributed by atoms with Crippen LogP contribution >= 0.6 is 25.3 Å². The number of nitrogens with one attached hydrogen (secondary N) is 2. The molecule has 2 heterocycles. The van der Waals surface area contributed by atoms with Gasteiger partial charge in [-0.2, -0.15) is 25.3 Å². The van der Waals surface area contributed by atoms with Gasteiger partial charge in [0.25, 0.3) is 0 Å². The van der Waals surface area contributed by atoms with Crippen molar-refractivity contribution in [3.63, 3.8) is 0 Å². The first-order valence-corrected chi connectivity index (χ1v) is 10.0. The van der Waals surface area contributed by atoms with Gasteiger partial charge in [-0.3, -0.25) is 9.88 Å². The molecule has 0 aromatic carbocycles. The van der Waals surface area contributed by atoms with Gasteiger partial charge >= 0.3 is 0 Å². The second kappa shape index (κ2) is 12.0. The first-order valence-electron chi connectivity index (χ1n) is 8.76. The van der Waals surface area contributed by atoms with Gasteiger partial charge in [-0.1, -0.05) is 0 Å². The molecular formula is C17H30N4OS2. The van der Waals surface area contributed by atoms with Gasteiger partial charge in [0.1, 0.15) is 12.4 Å². The lowest BCUT2D eigenvalue weighted by Gasteiger charge is -2.27. The Morgan fingerprint density at radius 3 is 2.83 bits per heavy atom. The molecule has 1 fully saturated rings. The molecule has 1 aliphatic heterocycles. The minimum absolute atomic E-state index is 0.499. The second-order valence-corrected chi connectivity index (χ2v) is 7.00. The lowest BCUT2D eigenvalue weighted by atomic mass is 10.1. The highest BCUT2D eigenvalue weighted by molar-refractivity contribution is 7.80. The molecule has 0 spiro atoms. The number of nitrogens with zero attached hydrogens (tertiary/aromatic N) is 2. The molecule has 0 radical (unpaired) electrons. The van der Waals surface area contributed by atoms with Crippen LogP contribution in [0, 0.1) is 0 Å².